The third kappa shape index (κ3) is 3.82. The largest absolute Gasteiger partial charge is 0.444 e. The third-order valence-electron chi connectivity index (χ3n) is 3.38. The number of nitriles is 1. The van der Waals surface area contributed by atoms with E-state index >= 15 is 0 Å². The van der Waals surface area contributed by atoms with E-state index in [-0.39, 0.29) is 18.0 Å². The summed E-state index contributed by atoms with van der Waals surface area (Å²) in [6.07, 6.45) is 0.552. The molecule has 7 heteroatoms. The van der Waals surface area contributed by atoms with Crippen molar-refractivity contribution in [2.75, 3.05) is 5.32 Å². The Labute approximate surface area is 143 Å². The Morgan fingerprint density at radius 3 is 2.76 bits per heavy atom. The number of amides is 1. The van der Waals surface area contributed by atoms with Crippen molar-refractivity contribution in [3.63, 3.8) is 0 Å². The van der Waals surface area contributed by atoms with Gasteiger partial charge in [-0.3, -0.25) is 5.32 Å². The molecular weight excluding hydrogens is 323 g/mol. The molecule has 1 heterocycles. The van der Waals surface area contributed by atoms with E-state index in [1.165, 1.54) is 29.1 Å². The second kappa shape index (κ2) is 7.27. The van der Waals surface area contributed by atoms with Crippen molar-refractivity contribution in [3.8, 4) is 11.8 Å². The first kappa shape index (κ1) is 16.2. The molecule has 6 nitrogen and oxygen atoms in total. The van der Waals surface area contributed by atoms with Crippen LogP contribution < -0.4 is 5.32 Å². The van der Waals surface area contributed by atoms with Gasteiger partial charge in [-0.15, -0.1) is 0 Å². The lowest BCUT2D eigenvalue weighted by atomic mass is 10.2. The number of halogens is 1. The molecule has 1 N–H and O–H groups in total. The van der Waals surface area contributed by atoms with E-state index in [2.05, 4.69) is 10.4 Å². The molecule has 0 fully saturated rings. The molecule has 124 valence electrons. The minimum atomic E-state index is -0.737. The lowest BCUT2D eigenvalue weighted by Gasteiger charge is -2.10. The number of carbonyl (C=O) groups is 1. The number of carbonyl (C=O) groups excluding carboxylic acids is 1. The summed E-state index contributed by atoms with van der Waals surface area (Å²) in [6.45, 7) is 0.0860. The van der Waals surface area contributed by atoms with E-state index in [0.717, 1.165) is 5.56 Å². The van der Waals surface area contributed by atoms with Gasteiger partial charge in [0.25, 0.3) is 0 Å². The maximum atomic E-state index is 13.4. The second-order valence-electron chi connectivity index (χ2n) is 5.10. The molecule has 25 heavy (non-hydrogen) atoms. The molecule has 0 bridgehead atoms. The summed E-state index contributed by atoms with van der Waals surface area (Å²) >= 11 is 0. The van der Waals surface area contributed by atoms with Gasteiger partial charge in [0.1, 0.15) is 24.1 Å². The molecule has 0 saturated carbocycles. The predicted octanol–water partition coefficient (Wildman–Crippen LogP) is 3.63. The summed E-state index contributed by atoms with van der Waals surface area (Å²) < 4.78 is 19.8. The summed E-state index contributed by atoms with van der Waals surface area (Å²) in [6, 6.07) is 16.8. The molecule has 3 rings (SSSR count). The number of aromatic nitrogens is 2. The van der Waals surface area contributed by atoms with Crippen molar-refractivity contribution in [2.24, 2.45) is 0 Å². The van der Waals surface area contributed by atoms with Gasteiger partial charge in [0, 0.05) is 0 Å². The Bertz CT molecular complexity index is 932. The van der Waals surface area contributed by atoms with Gasteiger partial charge in [0.05, 0.1) is 11.9 Å². The minimum Gasteiger partial charge on any atom is -0.444 e. The molecule has 1 aromatic heterocycles. The van der Waals surface area contributed by atoms with Gasteiger partial charge in [-0.05, 0) is 23.8 Å². The molecule has 0 radical (unpaired) electrons. The number of nitrogens with zero attached hydrogens (tertiary/aromatic N) is 3. The van der Waals surface area contributed by atoms with Crippen LogP contribution in [0.2, 0.25) is 0 Å². The minimum absolute atomic E-state index is 0.0860. The van der Waals surface area contributed by atoms with Crippen LogP contribution in [0.25, 0.3) is 5.69 Å². The number of anilines is 1. The normalized spacial score (nSPS) is 10.1. The maximum absolute atomic E-state index is 13.4. The van der Waals surface area contributed by atoms with Crippen LogP contribution in [0.4, 0.5) is 15.0 Å². The van der Waals surface area contributed by atoms with Gasteiger partial charge in [-0.25, -0.2) is 13.9 Å². The highest BCUT2D eigenvalue weighted by Gasteiger charge is 2.16. The quantitative estimate of drug-likeness (QED) is 0.789. The smallest absolute Gasteiger partial charge is 0.413 e. The van der Waals surface area contributed by atoms with E-state index in [1.807, 2.05) is 36.4 Å². The van der Waals surface area contributed by atoms with E-state index in [0.29, 0.717) is 5.69 Å². The van der Waals surface area contributed by atoms with Gasteiger partial charge in [-0.2, -0.15) is 10.4 Å². The fraction of sp³-hybridized carbons (Fsp3) is 0.0556. The van der Waals surface area contributed by atoms with E-state index in [9.17, 15) is 14.4 Å². The Morgan fingerprint density at radius 2 is 2.04 bits per heavy atom. The third-order valence-corrected chi connectivity index (χ3v) is 3.38. The number of ether oxygens (including phenoxy) is 1. The van der Waals surface area contributed by atoms with Gasteiger partial charge >= 0.3 is 6.09 Å². The molecule has 0 aliphatic carbocycles. The zero-order chi connectivity index (χ0) is 17.6. The van der Waals surface area contributed by atoms with Crippen LogP contribution >= 0.6 is 0 Å². The molecule has 0 saturated heterocycles. The summed E-state index contributed by atoms with van der Waals surface area (Å²) in [5, 5.41) is 15.7. The first-order valence-electron chi connectivity index (χ1n) is 7.39. The monoisotopic (exact) mass is 336 g/mol. The maximum Gasteiger partial charge on any atom is 0.413 e. The average molecular weight is 336 g/mol. The molecule has 0 aliphatic rings. The van der Waals surface area contributed by atoms with Crippen LogP contribution in [-0.4, -0.2) is 15.9 Å². The van der Waals surface area contributed by atoms with Crippen LogP contribution in [0.3, 0.4) is 0 Å². The van der Waals surface area contributed by atoms with Crippen molar-refractivity contribution < 1.29 is 13.9 Å². The summed E-state index contributed by atoms with van der Waals surface area (Å²) in [5.41, 5.74) is 1.34. The van der Waals surface area contributed by atoms with E-state index in [1.54, 1.807) is 6.07 Å². The van der Waals surface area contributed by atoms with Crippen LogP contribution in [0.1, 0.15) is 11.1 Å². The highest BCUT2D eigenvalue weighted by molar-refractivity contribution is 5.85. The number of hydrogen-bond acceptors (Lipinski definition) is 4. The standard InChI is InChI=1S/C18H13FN4O2/c19-15-7-4-8-16(9-15)23-17(14(10-20)11-21-23)22-18(24)25-12-13-5-2-1-3-6-13/h1-9,11H,12H2,(H,22,24). The topological polar surface area (TPSA) is 79.9 Å². The molecule has 0 unspecified atom stereocenters. The molecule has 3 aromatic rings. The van der Waals surface area contributed by atoms with Crippen molar-refractivity contribution in [3.05, 3.63) is 77.7 Å². The van der Waals surface area contributed by atoms with Crippen LogP contribution in [0.15, 0.2) is 60.8 Å². The van der Waals surface area contributed by atoms with Gasteiger partial charge in [0.2, 0.25) is 0 Å². The molecule has 0 atom stereocenters. The van der Waals surface area contributed by atoms with Gasteiger partial charge in [-0.1, -0.05) is 36.4 Å². The summed E-state index contributed by atoms with van der Waals surface area (Å²) in [7, 11) is 0. The number of nitrogens with one attached hydrogen (secondary N) is 1. The molecular formula is C18H13FN4O2. The van der Waals surface area contributed by atoms with Crippen molar-refractivity contribution in [1.82, 2.24) is 9.78 Å². The Kier molecular flexibility index (Phi) is 4.72. The zero-order valence-corrected chi connectivity index (χ0v) is 13.0. The average Bonchev–Trinajstić information content (AvgIpc) is 3.03. The lowest BCUT2D eigenvalue weighted by molar-refractivity contribution is 0.155. The summed E-state index contributed by atoms with van der Waals surface area (Å²) in [5.74, 6) is -0.338. The van der Waals surface area contributed by atoms with Crippen molar-refractivity contribution in [1.29, 1.82) is 5.26 Å². The lowest BCUT2D eigenvalue weighted by Crippen LogP contribution is -2.17. The predicted molar refractivity (Wildman–Crippen MR) is 88.5 cm³/mol. The molecule has 0 aliphatic heterocycles. The highest BCUT2D eigenvalue weighted by Crippen LogP contribution is 2.20. The number of rotatable bonds is 4. The second-order valence-corrected chi connectivity index (χ2v) is 5.10. The molecule has 1 amide bonds. The fourth-order valence-electron chi connectivity index (χ4n) is 2.21. The Morgan fingerprint density at radius 1 is 1.24 bits per heavy atom. The Balaban J connectivity index is 1.78. The fourth-order valence-corrected chi connectivity index (χ4v) is 2.21. The summed E-state index contributed by atoms with van der Waals surface area (Å²) in [4.78, 5) is 12.0. The number of hydrogen-bond donors (Lipinski definition) is 1. The van der Waals surface area contributed by atoms with Gasteiger partial charge < -0.3 is 4.74 Å². The van der Waals surface area contributed by atoms with Crippen LogP contribution in [-0.2, 0) is 11.3 Å². The Hall–Kier alpha value is -3.66. The van der Waals surface area contributed by atoms with E-state index < -0.39 is 11.9 Å². The van der Waals surface area contributed by atoms with Crippen LogP contribution in [0, 0.1) is 17.1 Å². The van der Waals surface area contributed by atoms with Crippen molar-refractivity contribution in [2.45, 2.75) is 6.61 Å². The molecule has 2 aromatic carbocycles. The van der Waals surface area contributed by atoms with Gasteiger partial charge in [0.15, 0.2) is 5.82 Å². The number of benzene rings is 2. The van der Waals surface area contributed by atoms with Crippen LogP contribution in [0.5, 0.6) is 0 Å². The SMILES string of the molecule is N#Cc1cnn(-c2cccc(F)c2)c1NC(=O)OCc1ccccc1. The first-order chi connectivity index (χ1) is 12.2. The van der Waals surface area contributed by atoms with E-state index in [4.69, 9.17) is 4.74 Å². The zero-order valence-electron chi connectivity index (χ0n) is 13.0. The first-order valence-corrected chi connectivity index (χ1v) is 7.39. The highest BCUT2D eigenvalue weighted by atomic mass is 19.1. The molecule has 0 spiro atoms. The van der Waals surface area contributed by atoms with Crippen molar-refractivity contribution >= 4 is 11.9 Å².